The summed E-state index contributed by atoms with van der Waals surface area (Å²) in [4.78, 5) is 30.3. The number of aromatic nitrogens is 3. The number of hydrogen-bond acceptors (Lipinski definition) is 4. The van der Waals surface area contributed by atoms with Crippen molar-refractivity contribution >= 4 is 34.7 Å². The van der Waals surface area contributed by atoms with Crippen LogP contribution in [0.25, 0.3) is 16.8 Å². The predicted molar refractivity (Wildman–Crippen MR) is 138 cm³/mol. The molecule has 6 rings (SSSR count). The van der Waals surface area contributed by atoms with Crippen LogP contribution in [0.1, 0.15) is 44.8 Å². The number of rotatable bonds is 4. The standard InChI is InChI=1S/C28H15ClF5N5O2/c29-21-3-2-17(30)10-19(21)25-24-20(27(41)38-25)7-14(13-1-4-23-35-12-36-39(23)11-13)8-22(24)37-26(40)15-5-16(28(32,33)34)9-18(31)6-15/h1-12,25H,(H,37,40)(H,38,41)/t25-/m1/s1/i12D. The molecule has 1 atom stereocenters. The first kappa shape index (κ1) is 25.1. The molecule has 7 nitrogen and oxygen atoms in total. The minimum atomic E-state index is -4.91. The molecule has 13 heteroatoms. The number of nitrogens with zero attached hydrogens (tertiary/aromatic N) is 3. The molecule has 0 radical (unpaired) electrons. The van der Waals surface area contributed by atoms with Crippen LogP contribution in [-0.4, -0.2) is 26.4 Å². The van der Waals surface area contributed by atoms with E-state index in [2.05, 4.69) is 20.7 Å². The third-order valence-corrected chi connectivity index (χ3v) is 6.90. The van der Waals surface area contributed by atoms with Crippen LogP contribution >= 0.6 is 11.6 Å². The lowest BCUT2D eigenvalue weighted by atomic mass is 9.93. The Morgan fingerprint density at radius 1 is 1.02 bits per heavy atom. The Balaban J connectivity index is 1.51. The fourth-order valence-electron chi connectivity index (χ4n) is 4.69. The zero-order valence-corrected chi connectivity index (χ0v) is 21.1. The van der Waals surface area contributed by atoms with E-state index in [1.54, 1.807) is 12.1 Å². The minimum absolute atomic E-state index is 0.0196. The van der Waals surface area contributed by atoms with Crippen LogP contribution in [0.2, 0.25) is 5.02 Å². The van der Waals surface area contributed by atoms with Crippen LogP contribution in [-0.2, 0) is 6.18 Å². The number of pyridine rings is 1. The molecule has 2 amide bonds. The Bertz CT molecular complexity index is 1940. The van der Waals surface area contributed by atoms with Gasteiger partial charge in [0.05, 0.1) is 11.6 Å². The third kappa shape index (κ3) is 4.86. The molecule has 5 aromatic rings. The minimum Gasteiger partial charge on any atom is -0.341 e. The maximum Gasteiger partial charge on any atom is 0.416 e. The number of alkyl halides is 3. The largest absolute Gasteiger partial charge is 0.416 e. The maximum absolute atomic E-state index is 14.2. The van der Waals surface area contributed by atoms with Crippen molar-refractivity contribution in [1.82, 2.24) is 19.9 Å². The second-order valence-electron chi connectivity index (χ2n) is 9.17. The molecule has 1 aliphatic heterocycles. The normalized spacial score (nSPS) is 15.0. The number of fused-ring (bicyclic) bond motifs is 2. The highest BCUT2D eigenvalue weighted by Crippen LogP contribution is 2.42. The molecule has 1 aliphatic rings. The van der Waals surface area contributed by atoms with Gasteiger partial charge in [-0.1, -0.05) is 11.6 Å². The number of nitrogens with one attached hydrogen (secondary N) is 2. The molecular weight excluding hydrogens is 569 g/mol. The van der Waals surface area contributed by atoms with Crippen molar-refractivity contribution in [1.29, 1.82) is 0 Å². The van der Waals surface area contributed by atoms with Gasteiger partial charge in [-0.25, -0.2) is 18.3 Å². The third-order valence-electron chi connectivity index (χ3n) is 6.55. The monoisotopic (exact) mass is 584 g/mol. The quantitative estimate of drug-likeness (QED) is 0.238. The Labute approximate surface area is 234 Å². The van der Waals surface area contributed by atoms with Gasteiger partial charge in [0.25, 0.3) is 11.8 Å². The van der Waals surface area contributed by atoms with Gasteiger partial charge in [-0.05, 0) is 66.2 Å². The van der Waals surface area contributed by atoms with E-state index in [9.17, 15) is 31.5 Å². The number of amides is 2. The molecule has 41 heavy (non-hydrogen) atoms. The summed E-state index contributed by atoms with van der Waals surface area (Å²) in [7, 11) is 0. The van der Waals surface area contributed by atoms with Crippen molar-refractivity contribution in [2.24, 2.45) is 0 Å². The maximum atomic E-state index is 14.2. The lowest BCUT2D eigenvalue weighted by molar-refractivity contribution is -0.137. The summed E-state index contributed by atoms with van der Waals surface area (Å²) in [5, 5.41) is 9.27. The number of carbonyl (C=O) groups excluding carboxylic acids is 2. The smallest absolute Gasteiger partial charge is 0.341 e. The van der Waals surface area contributed by atoms with Gasteiger partial charge in [-0.2, -0.15) is 18.3 Å². The molecule has 0 saturated carbocycles. The van der Waals surface area contributed by atoms with E-state index in [0.29, 0.717) is 28.9 Å². The number of halogens is 6. The van der Waals surface area contributed by atoms with E-state index in [4.69, 9.17) is 13.0 Å². The van der Waals surface area contributed by atoms with E-state index in [1.165, 1.54) is 28.9 Å². The molecule has 0 aliphatic carbocycles. The van der Waals surface area contributed by atoms with Gasteiger partial charge in [-0.3, -0.25) is 9.59 Å². The summed E-state index contributed by atoms with van der Waals surface area (Å²) in [5.74, 6) is -3.60. The molecule has 206 valence electrons. The Morgan fingerprint density at radius 3 is 2.61 bits per heavy atom. The van der Waals surface area contributed by atoms with Gasteiger partial charge < -0.3 is 10.6 Å². The number of hydrogen-bond donors (Lipinski definition) is 2. The van der Waals surface area contributed by atoms with Gasteiger partial charge in [0.2, 0.25) is 0 Å². The Hall–Kier alpha value is -4.84. The molecular formula is C28H15ClF5N5O2. The fourth-order valence-corrected chi connectivity index (χ4v) is 4.92. The lowest BCUT2D eigenvalue weighted by Gasteiger charge is -2.19. The average Bonchev–Trinajstić information content (AvgIpc) is 3.47. The first-order chi connectivity index (χ1) is 19.9. The number of benzene rings is 3. The highest BCUT2D eigenvalue weighted by molar-refractivity contribution is 6.31. The molecule has 2 aromatic heterocycles. The van der Waals surface area contributed by atoms with E-state index in [0.717, 1.165) is 12.1 Å². The summed E-state index contributed by atoms with van der Waals surface area (Å²) in [6, 6.07) is 10.1. The van der Waals surface area contributed by atoms with Crippen LogP contribution in [0.15, 0.2) is 73.2 Å². The summed E-state index contributed by atoms with van der Waals surface area (Å²) in [6.07, 6.45) is -3.60. The van der Waals surface area contributed by atoms with Crippen molar-refractivity contribution < 1.29 is 32.9 Å². The molecule has 0 spiro atoms. The first-order valence-corrected chi connectivity index (χ1v) is 12.2. The van der Waals surface area contributed by atoms with Crippen LogP contribution in [0.5, 0.6) is 0 Å². The van der Waals surface area contributed by atoms with Crippen LogP contribution in [0.4, 0.5) is 27.6 Å². The summed E-state index contributed by atoms with van der Waals surface area (Å²) in [5.41, 5.74) is -0.341. The summed E-state index contributed by atoms with van der Waals surface area (Å²) >= 11 is 6.32. The van der Waals surface area contributed by atoms with E-state index < -0.39 is 46.8 Å². The SMILES string of the molecule is [2H]c1nc2ccc(-c3cc(NC(=O)c4cc(F)cc(C(F)(F)F)c4)c4c(c3)C(=O)N[C@@H]4c3cc(F)ccc3Cl)cn2n1. The van der Waals surface area contributed by atoms with Gasteiger partial charge in [-0.15, -0.1) is 0 Å². The van der Waals surface area contributed by atoms with E-state index in [1.807, 2.05) is 0 Å². The van der Waals surface area contributed by atoms with Crippen LogP contribution in [0.3, 0.4) is 0 Å². The Morgan fingerprint density at radius 2 is 1.83 bits per heavy atom. The average molecular weight is 585 g/mol. The molecule has 0 bridgehead atoms. The van der Waals surface area contributed by atoms with Gasteiger partial charge in [0.1, 0.15) is 19.3 Å². The molecule has 0 saturated heterocycles. The summed E-state index contributed by atoms with van der Waals surface area (Å²) < 4.78 is 77.2. The van der Waals surface area contributed by atoms with Crippen LogP contribution < -0.4 is 10.6 Å². The predicted octanol–water partition coefficient (Wildman–Crippen LogP) is 6.43. The van der Waals surface area contributed by atoms with Crippen molar-refractivity contribution in [3.8, 4) is 11.1 Å². The van der Waals surface area contributed by atoms with Crippen molar-refractivity contribution in [2.75, 3.05) is 5.32 Å². The topological polar surface area (TPSA) is 88.4 Å². The first-order valence-electron chi connectivity index (χ1n) is 12.3. The zero-order chi connectivity index (χ0) is 29.9. The number of anilines is 1. The fraction of sp³-hybridized carbons (Fsp3) is 0.0714. The highest BCUT2D eigenvalue weighted by Gasteiger charge is 2.36. The summed E-state index contributed by atoms with van der Waals surface area (Å²) in [6.45, 7) is 0. The molecule has 0 unspecified atom stereocenters. The van der Waals surface area contributed by atoms with Crippen molar-refractivity contribution in [3.05, 3.63) is 118 Å². The second kappa shape index (κ2) is 9.66. The van der Waals surface area contributed by atoms with E-state index >= 15 is 0 Å². The zero-order valence-electron chi connectivity index (χ0n) is 21.4. The van der Waals surface area contributed by atoms with Crippen LogP contribution in [0, 0.1) is 11.6 Å². The highest BCUT2D eigenvalue weighted by atomic mass is 35.5. The van der Waals surface area contributed by atoms with Gasteiger partial charge >= 0.3 is 6.18 Å². The van der Waals surface area contributed by atoms with Crippen molar-refractivity contribution in [2.45, 2.75) is 12.2 Å². The van der Waals surface area contributed by atoms with Crippen molar-refractivity contribution in [3.63, 3.8) is 0 Å². The Kier molecular flexibility index (Phi) is 5.93. The number of carbonyl (C=O) groups is 2. The van der Waals surface area contributed by atoms with Gasteiger partial charge in [0, 0.05) is 44.7 Å². The van der Waals surface area contributed by atoms with Gasteiger partial charge in [0.15, 0.2) is 5.65 Å². The molecule has 2 N–H and O–H groups in total. The molecule has 0 fully saturated rings. The lowest BCUT2D eigenvalue weighted by Crippen LogP contribution is -2.21. The molecule has 3 heterocycles. The second-order valence-corrected chi connectivity index (χ2v) is 9.58. The van der Waals surface area contributed by atoms with E-state index in [-0.39, 0.29) is 39.8 Å². The molecule has 3 aromatic carbocycles.